The number of nitrogens with zero attached hydrogens (tertiary/aromatic N) is 9. The van der Waals surface area contributed by atoms with E-state index < -0.39 is 0 Å². The monoisotopic (exact) mass is 496 g/mol. The molecule has 0 bridgehead atoms. The molecule has 2 aliphatic rings. The molecule has 12 heteroatoms. The molecule has 34 heavy (non-hydrogen) atoms. The molecule has 0 saturated carbocycles. The van der Waals surface area contributed by atoms with Crippen LogP contribution in [0.25, 0.3) is 5.70 Å². The number of anilines is 2. The van der Waals surface area contributed by atoms with Crippen molar-refractivity contribution in [2.75, 3.05) is 18.4 Å². The Hall–Kier alpha value is -3.37. The fourth-order valence-corrected chi connectivity index (χ4v) is 5.00. The van der Waals surface area contributed by atoms with Crippen LogP contribution in [0.3, 0.4) is 0 Å². The van der Waals surface area contributed by atoms with Crippen molar-refractivity contribution < 1.29 is 0 Å². The summed E-state index contributed by atoms with van der Waals surface area (Å²) in [6.45, 7) is 3.17. The zero-order valence-corrected chi connectivity index (χ0v) is 19.9. The van der Waals surface area contributed by atoms with E-state index in [1.54, 1.807) is 34.2 Å². The van der Waals surface area contributed by atoms with Crippen LogP contribution in [0.15, 0.2) is 43.0 Å². The highest BCUT2D eigenvalue weighted by atomic mass is 35.5. The van der Waals surface area contributed by atoms with Gasteiger partial charge >= 0.3 is 0 Å². The Morgan fingerprint density at radius 2 is 2.06 bits per heavy atom. The van der Waals surface area contributed by atoms with Gasteiger partial charge in [-0.25, -0.2) is 4.98 Å². The third-order valence-corrected chi connectivity index (χ3v) is 6.76. The van der Waals surface area contributed by atoms with Crippen molar-refractivity contribution in [3.63, 3.8) is 0 Å². The molecule has 0 radical (unpaired) electrons. The van der Waals surface area contributed by atoms with Crippen molar-refractivity contribution in [2.45, 2.75) is 25.4 Å². The van der Waals surface area contributed by atoms with E-state index in [-0.39, 0.29) is 5.92 Å². The van der Waals surface area contributed by atoms with Crippen molar-refractivity contribution in [1.82, 2.24) is 44.2 Å². The highest BCUT2D eigenvalue weighted by Crippen LogP contribution is 2.38. The summed E-state index contributed by atoms with van der Waals surface area (Å²) in [5, 5.41) is 22.1. The SMILES string of the molecule is Cn1nccc1Nc1cc(C2C=C3c4nnc(Cn5cc(Cl)cn5)n4CCCN3C2)c(Cl)cn1. The number of aryl methyl sites for hydroxylation is 1. The van der Waals surface area contributed by atoms with Crippen LogP contribution in [0, 0.1) is 0 Å². The second-order valence-corrected chi connectivity index (χ2v) is 9.31. The van der Waals surface area contributed by atoms with Gasteiger partial charge in [-0.05, 0) is 24.1 Å². The van der Waals surface area contributed by atoms with Crippen LogP contribution in [0.2, 0.25) is 10.0 Å². The third kappa shape index (κ3) is 3.82. The lowest BCUT2D eigenvalue weighted by Crippen LogP contribution is -2.21. The molecule has 0 spiro atoms. The van der Waals surface area contributed by atoms with Crippen LogP contribution in [-0.2, 0) is 20.1 Å². The molecule has 10 nitrogen and oxygen atoms in total. The number of fused-ring (bicyclic) bond motifs is 3. The second kappa shape index (κ2) is 8.44. The van der Waals surface area contributed by atoms with Gasteiger partial charge < -0.3 is 14.8 Å². The molecule has 1 atom stereocenters. The molecule has 0 aliphatic carbocycles. The van der Waals surface area contributed by atoms with Crippen LogP contribution in [0.1, 0.15) is 29.6 Å². The molecule has 6 heterocycles. The minimum Gasteiger partial charge on any atom is -0.368 e. The fourth-order valence-electron chi connectivity index (χ4n) is 4.60. The maximum absolute atomic E-state index is 6.61. The number of nitrogens with one attached hydrogen (secondary N) is 1. The minimum atomic E-state index is 0.120. The van der Waals surface area contributed by atoms with Crippen LogP contribution < -0.4 is 5.32 Å². The summed E-state index contributed by atoms with van der Waals surface area (Å²) in [5.41, 5.74) is 2.12. The first-order valence-corrected chi connectivity index (χ1v) is 11.8. The van der Waals surface area contributed by atoms with Crippen LogP contribution in [0.5, 0.6) is 0 Å². The van der Waals surface area contributed by atoms with Crippen molar-refractivity contribution in [2.24, 2.45) is 7.05 Å². The van der Waals surface area contributed by atoms with Gasteiger partial charge in [0.1, 0.15) is 18.2 Å². The molecule has 174 valence electrons. The normalized spacial score (nSPS) is 17.3. The Balaban J connectivity index is 1.30. The molecule has 0 amide bonds. The largest absolute Gasteiger partial charge is 0.368 e. The number of halogens is 2. The average molecular weight is 497 g/mol. The Morgan fingerprint density at radius 1 is 1.15 bits per heavy atom. The van der Waals surface area contributed by atoms with Crippen LogP contribution in [-0.4, -0.2) is 57.3 Å². The molecular weight excluding hydrogens is 475 g/mol. The highest BCUT2D eigenvalue weighted by molar-refractivity contribution is 6.31. The van der Waals surface area contributed by atoms with Crippen molar-refractivity contribution in [1.29, 1.82) is 0 Å². The summed E-state index contributed by atoms with van der Waals surface area (Å²) in [6.07, 6.45) is 10.1. The zero-order chi connectivity index (χ0) is 23.2. The first-order chi connectivity index (χ1) is 16.5. The van der Waals surface area contributed by atoms with E-state index in [1.165, 1.54) is 0 Å². The highest BCUT2D eigenvalue weighted by Gasteiger charge is 2.32. The number of aromatic nitrogens is 8. The van der Waals surface area contributed by atoms with Gasteiger partial charge in [0.25, 0.3) is 0 Å². The Labute approximate surface area is 205 Å². The molecule has 1 N–H and O–H groups in total. The number of hydrogen-bond acceptors (Lipinski definition) is 7. The van der Waals surface area contributed by atoms with Gasteiger partial charge in [-0.2, -0.15) is 10.2 Å². The van der Waals surface area contributed by atoms with E-state index in [4.69, 9.17) is 23.2 Å². The van der Waals surface area contributed by atoms with Gasteiger partial charge in [0.2, 0.25) is 0 Å². The molecule has 2 aliphatic heterocycles. The van der Waals surface area contributed by atoms with E-state index in [0.717, 1.165) is 60.6 Å². The molecule has 0 aromatic carbocycles. The lowest BCUT2D eigenvalue weighted by Gasteiger charge is -2.20. The van der Waals surface area contributed by atoms with E-state index >= 15 is 0 Å². The maximum Gasteiger partial charge on any atom is 0.180 e. The maximum atomic E-state index is 6.61. The van der Waals surface area contributed by atoms with Gasteiger partial charge in [0.05, 0.1) is 28.1 Å². The molecule has 0 fully saturated rings. The van der Waals surface area contributed by atoms with Crippen molar-refractivity contribution >= 4 is 40.5 Å². The van der Waals surface area contributed by atoms with Gasteiger partial charge in [0, 0.05) is 51.1 Å². The first kappa shape index (κ1) is 21.2. The molecule has 6 rings (SSSR count). The lowest BCUT2D eigenvalue weighted by atomic mass is 10.0. The quantitative estimate of drug-likeness (QED) is 0.451. The Kier molecular flexibility index (Phi) is 5.26. The standard InChI is InChI=1S/C22H22Cl2N10/c1-31-20(3-4-26-31)28-19-8-16(17(24)10-25-19)14-7-18-22-30-29-21(13-33-12-15(23)9-27-33)34(22)6-2-5-32(18)11-14/h3-4,7-10,12,14H,2,5-6,11,13H2,1H3,(H,25,28). The fraction of sp³-hybridized carbons (Fsp3) is 0.318. The number of pyridine rings is 1. The lowest BCUT2D eigenvalue weighted by molar-refractivity contribution is 0.402. The zero-order valence-electron chi connectivity index (χ0n) is 18.4. The van der Waals surface area contributed by atoms with Gasteiger partial charge in [-0.1, -0.05) is 23.2 Å². The van der Waals surface area contributed by atoms with E-state index in [0.29, 0.717) is 16.6 Å². The van der Waals surface area contributed by atoms with E-state index in [1.807, 2.05) is 19.2 Å². The molecular formula is C22H22Cl2N10. The summed E-state index contributed by atoms with van der Waals surface area (Å²) in [4.78, 5) is 6.82. The van der Waals surface area contributed by atoms with Crippen LogP contribution >= 0.6 is 23.2 Å². The average Bonchev–Trinajstić information content (AvgIpc) is 3.59. The molecule has 0 saturated heterocycles. The predicted molar refractivity (Wildman–Crippen MR) is 129 cm³/mol. The summed E-state index contributed by atoms with van der Waals surface area (Å²) < 4.78 is 5.73. The second-order valence-electron chi connectivity index (χ2n) is 8.46. The van der Waals surface area contributed by atoms with E-state index in [2.05, 4.69) is 46.2 Å². The molecule has 4 aromatic rings. The van der Waals surface area contributed by atoms with Crippen molar-refractivity contribution in [3.05, 3.63) is 70.3 Å². The Bertz CT molecular complexity index is 1380. The minimum absolute atomic E-state index is 0.120. The number of rotatable bonds is 5. The summed E-state index contributed by atoms with van der Waals surface area (Å²) in [5.74, 6) is 3.46. The number of hydrogen-bond donors (Lipinski definition) is 1. The van der Waals surface area contributed by atoms with E-state index in [9.17, 15) is 0 Å². The predicted octanol–water partition coefficient (Wildman–Crippen LogP) is 3.55. The summed E-state index contributed by atoms with van der Waals surface area (Å²) in [7, 11) is 1.88. The smallest absolute Gasteiger partial charge is 0.180 e. The molecule has 4 aromatic heterocycles. The topological polar surface area (TPSA) is 94.5 Å². The van der Waals surface area contributed by atoms with Gasteiger partial charge in [-0.15, -0.1) is 10.2 Å². The van der Waals surface area contributed by atoms with Crippen molar-refractivity contribution in [3.8, 4) is 0 Å². The first-order valence-electron chi connectivity index (χ1n) is 11.0. The van der Waals surface area contributed by atoms with Crippen LogP contribution in [0.4, 0.5) is 11.6 Å². The Morgan fingerprint density at radius 3 is 2.85 bits per heavy atom. The molecule has 1 unspecified atom stereocenters. The summed E-state index contributed by atoms with van der Waals surface area (Å²) in [6, 6.07) is 3.92. The summed E-state index contributed by atoms with van der Waals surface area (Å²) >= 11 is 12.6. The van der Waals surface area contributed by atoms with Gasteiger partial charge in [-0.3, -0.25) is 9.36 Å². The van der Waals surface area contributed by atoms with Gasteiger partial charge in [0.15, 0.2) is 11.6 Å². The third-order valence-electron chi connectivity index (χ3n) is 6.25.